The molecule has 0 bridgehead atoms. The molecule has 26 heavy (non-hydrogen) atoms. The van der Waals surface area contributed by atoms with Gasteiger partial charge in [0.15, 0.2) is 0 Å². The molecule has 1 aliphatic heterocycles. The van der Waals surface area contributed by atoms with Crippen molar-refractivity contribution in [3.05, 3.63) is 35.9 Å². The Bertz CT molecular complexity index is 616. The maximum absolute atomic E-state index is 12.2. The number of rotatable bonds is 5. The molecule has 4 unspecified atom stereocenters. The molecule has 2 N–H and O–H groups in total. The minimum Gasteiger partial charge on any atom is -0.458 e. The molecule has 1 saturated heterocycles. The van der Waals surface area contributed by atoms with Crippen LogP contribution in [-0.2, 0) is 30.2 Å². The molecule has 2 aliphatic rings. The Labute approximate surface area is 154 Å². The van der Waals surface area contributed by atoms with Crippen LogP contribution in [0.2, 0.25) is 0 Å². The molecule has 1 aliphatic carbocycles. The van der Waals surface area contributed by atoms with E-state index in [1.165, 1.54) is 5.56 Å². The third-order valence-electron chi connectivity index (χ3n) is 4.97. The van der Waals surface area contributed by atoms with E-state index in [1.54, 1.807) is 6.92 Å². The van der Waals surface area contributed by atoms with E-state index < -0.39 is 24.2 Å². The fourth-order valence-corrected chi connectivity index (χ4v) is 3.22. The summed E-state index contributed by atoms with van der Waals surface area (Å²) in [6.07, 6.45) is 2.26. The Morgan fingerprint density at radius 1 is 1.23 bits per heavy atom. The summed E-state index contributed by atoms with van der Waals surface area (Å²) in [7, 11) is 0. The van der Waals surface area contributed by atoms with E-state index in [2.05, 4.69) is 12.1 Å². The lowest BCUT2D eigenvalue weighted by Gasteiger charge is -2.30. The quantitative estimate of drug-likeness (QED) is 0.805. The summed E-state index contributed by atoms with van der Waals surface area (Å²) in [6.45, 7) is 2.25. The first-order valence-corrected chi connectivity index (χ1v) is 9.33. The SMILES string of the molecule is CC1OC(=O)C(N)COCC(CCc2ccccc2)C1OC(=O)C1CC1. The smallest absolute Gasteiger partial charge is 0.325 e. The third kappa shape index (κ3) is 5.05. The van der Waals surface area contributed by atoms with Gasteiger partial charge in [0.05, 0.1) is 19.1 Å². The highest BCUT2D eigenvalue weighted by Crippen LogP contribution is 2.32. The number of cyclic esters (lactones) is 1. The Hall–Kier alpha value is -1.92. The molecule has 1 aromatic carbocycles. The summed E-state index contributed by atoms with van der Waals surface area (Å²) >= 11 is 0. The second-order valence-corrected chi connectivity index (χ2v) is 7.25. The molecule has 4 atom stereocenters. The van der Waals surface area contributed by atoms with Crippen LogP contribution in [0.3, 0.4) is 0 Å². The molecular formula is C20H27NO5. The molecule has 1 saturated carbocycles. The van der Waals surface area contributed by atoms with E-state index in [4.69, 9.17) is 19.9 Å². The van der Waals surface area contributed by atoms with Gasteiger partial charge in [0.2, 0.25) is 0 Å². The number of ether oxygens (including phenoxy) is 3. The van der Waals surface area contributed by atoms with Gasteiger partial charge < -0.3 is 19.9 Å². The molecule has 142 valence electrons. The van der Waals surface area contributed by atoms with Gasteiger partial charge in [-0.2, -0.15) is 0 Å². The maximum Gasteiger partial charge on any atom is 0.325 e. The number of hydrogen-bond donors (Lipinski definition) is 1. The van der Waals surface area contributed by atoms with Gasteiger partial charge in [-0.25, -0.2) is 0 Å². The second kappa shape index (κ2) is 8.64. The van der Waals surface area contributed by atoms with E-state index in [0.29, 0.717) is 6.61 Å². The first-order valence-electron chi connectivity index (χ1n) is 9.33. The van der Waals surface area contributed by atoms with Crippen LogP contribution >= 0.6 is 0 Å². The highest BCUT2D eigenvalue weighted by molar-refractivity contribution is 5.76. The zero-order chi connectivity index (χ0) is 18.5. The fourth-order valence-electron chi connectivity index (χ4n) is 3.22. The van der Waals surface area contributed by atoms with Crippen molar-refractivity contribution >= 4 is 11.9 Å². The standard InChI is InChI=1S/C20H27NO5/c1-13-18(26-19(22)15-9-10-15)16(8-7-14-5-3-2-4-6-14)11-24-12-17(21)20(23)25-13/h2-6,13,15-18H,7-12,21H2,1H3. The fraction of sp³-hybridized carbons (Fsp3) is 0.600. The van der Waals surface area contributed by atoms with Gasteiger partial charge >= 0.3 is 11.9 Å². The number of carbonyl (C=O) groups is 2. The van der Waals surface area contributed by atoms with E-state index in [1.807, 2.05) is 18.2 Å². The van der Waals surface area contributed by atoms with Crippen molar-refractivity contribution in [2.75, 3.05) is 13.2 Å². The maximum atomic E-state index is 12.2. The van der Waals surface area contributed by atoms with Crippen LogP contribution in [-0.4, -0.2) is 43.4 Å². The molecule has 3 rings (SSSR count). The Balaban J connectivity index is 1.72. The molecule has 1 aromatic rings. The molecule has 0 spiro atoms. The lowest BCUT2D eigenvalue weighted by molar-refractivity contribution is -0.172. The highest BCUT2D eigenvalue weighted by atomic mass is 16.6. The summed E-state index contributed by atoms with van der Waals surface area (Å²) < 4.78 is 16.9. The van der Waals surface area contributed by atoms with Crippen molar-refractivity contribution < 1.29 is 23.8 Å². The first-order chi connectivity index (χ1) is 12.5. The van der Waals surface area contributed by atoms with Crippen LogP contribution < -0.4 is 5.73 Å². The number of benzene rings is 1. The summed E-state index contributed by atoms with van der Waals surface area (Å²) in [5, 5.41) is 0. The lowest BCUT2D eigenvalue weighted by atomic mass is 9.92. The number of aryl methyl sites for hydroxylation is 1. The van der Waals surface area contributed by atoms with E-state index in [0.717, 1.165) is 25.7 Å². The van der Waals surface area contributed by atoms with Crippen LogP contribution in [0.5, 0.6) is 0 Å². The monoisotopic (exact) mass is 361 g/mol. The average Bonchev–Trinajstić information content (AvgIpc) is 3.47. The van der Waals surface area contributed by atoms with Gasteiger partial charge in [-0.15, -0.1) is 0 Å². The molecular weight excluding hydrogens is 334 g/mol. The van der Waals surface area contributed by atoms with Crippen LogP contribution in [0, 0.1) is 11.8 Å². The molecule has 0 aromatic heterocycles. The lowest BCUT2D eigenvalue weighted by Crippen LogP contribution is -2.42. The van der Waals surface area contributed by atoms with Crippen LogP contribution in [0.25, 0.3) is 0 Å². The van der Waals surface area contributed by atoms with Gasteiger partial charge in [0.1, 0.15) is 18.2 Å². The van der Waals surface area contributed by atoms with Gasteiger partial charge in [-0.1, -0.05) is 30.3 Å². The Morgan fingerprint density at radius 2 is 1.96 bits per heavy atom. The normalized spacial score (nSPS) is 29.8. The Morgan fingerprint density at radius 3 is 2.65 bits per heavy atom. The number of carbonyl (C=O) groups excluding carboxylic acids is 2. The van der Waals surface area contributed by atoms with Crippen molar-refractivity contribution in [1.29, 1.82) is 0 Å². The van der Waals surface area contributed by atoms with Crippen molar-refractivity contribution in [3.8, 4) is 0 Å². The van der Waals surface area contributed by atoms with E-state index in [-0.39, 0.29) is 24.4 Å². The average molecular weight is 361 g/mol. The van der Waals surface area contributed by atoms with Crippen LogP contribution in [0.4, 0.5) is 0 Å². The number of nitrogens with two attached hydrogens (primary N) is 1. The summed E-state index contributed by atoms with van der Waals surface area (Å²) in [4.78, 5) is 24.3. The Kier molecular flexibility index (Phi) is 6.27. The number of esters is 2. The highest BCUT2D eigenvalue weighted by Gasteiger charge is 2.39. The zero-order valence-electron chi connectivity index (χ0n) is 15.1. The van der Waals surface area contributed by atoms with Crippen molar-refractivity contribution in [1.82, 2.24) is 0 Å². The minimum absolute atomic E-state index is 0.0107. The topological polar surface area (TPSA) is 87.8 Å². The number of hydrogen-bond acceptors (Lipinski definition) is 6. The van der Waals surface area contributed by atoms with E-state index >= 15 is 0 Å². The van der Waals surface area contributed by atoms with Crippen LogP contribution in [0.1, 0.15) is 31.7 Å². The third-order valence-corrected chi connectivity index (χ3v) is 4.97. The predicted octanol–water partition coefficient (Wildman–Crippen LogP) is 1.85. The second-order valence-electron chi connectivity index (χ2n) is 7.25. The van der Waals surface area contributed by atoms with Gasteiger partial charge in [-0.3, -0.25) is 9.59 Å². The summed E-state index contributed by atoms with van der Waals surface area (Å²) in [6, 6.07) is 9.31. The van der Waals surface area contributed by atoms with Gasteiger partial charge in [0, 0.05) is 5.92 Å². The zero-order valence-corrected chi connectivity index (χ0v) is 15.1. The summed E-state index contributed by atoms with van der Waals surface area (Å²) in [5.74, 6) is -0.797. The van der Waals surface area contributed by atoms with Gasteiger partial charge in [-0.05, 0) is 38.2 Å². The van der Waals surface area contributed by atoms with Crippen molar-refractivity contribution in [3.63, 3.8) is 0 Å². The minimum atomic E-state index is -0.815. The molecule has 6 nitrogen and oxygen atoms in total. The van der Waals surface area contributed by atoms with E-state index in [9.17, 15) is 9.59 Å². The van der Waals surface area contributed by atoms with Crippen molar-refractivity contribution in [2.45, 2.75) is 50.9 Å². The molecule has 0 radical (unpaired) electrons. The predicted molar refractivity (Wildman–Crippen MR) is 95.2 cm³/mol. The molecule has 6 heteroatoms. The van der Waals surface area contributed by atoms with Gasteiger partial charge in [0.25, 0.3) is 0 Å². The summed E-state index contributed by atoms with van der Waals surface area (Å²) in [5.41, 5.74) is 7.00. The van der Waals surface area contributed by atoms with Crippen molar-refractivity contribution in [2.24, 2.45) is 17.6 Å². The molecule has 2 fully saturated rings. The molecule has 0 amide bonds. The largest absolute Gasteiger partial charge is 0.458 e. The van der Waals surface area contributed by atoms with Crippen LogP contribution in [0.15, 0.2) is 30.3 Å². The first kappa shape index (κ1) is 18.9. The molecule has 1 heterocycles.